The fourth-order valence-corrected chi connectivity index (χ4v) is 4.47. The highest BCUT2D eigenvalue weighted by molar-refractivity contribution is 7.26. The summed E-state index contributed by atoms with van der Waals surface area (Å²) in [5.74, 6) is 0.794. The van der Waals surface area contributed by atoms with Crippen molar-refractivity contribution in [2.75, 3.05) is 7.11 Å². The zero-order chi connectivity index (χ0) is 17.6. The molecule has 124 valence electrons. The topological polar surface area (TPSA) is 26.3 Å². The first-order chi connectivity index (χ1) is 12.1. The van der Waals surface area contributed by atoms with Crippen molar-refractivity contribution in [3.8, 4) is 5.75 Å². The molecule has 0 fully saturated rings. The van der Waals surface area contributed by atoms with Crippen molar-refractivity contribution in [2.24, 2.45) is 0 Å². The van der Waals surface area contributed by atoms with Gasteiger partial charge in [0, 0.05) is 31.3 Å². The molecule has 0 amide bonds. The van der Waals surface area contributed by atoms with E-state index < -0.39 is 0 Å². The summed E-state index contributed by atoms with van der Waals surface area (Å²) in [5.41, 5.74) is 3.84. The summed E-state index contributed by atoms with van der Waals surface area (Å²) in [6, 6.07) is 17.7. The number of benzene rings is 3. The second kappa shape index (κ2) is 6.01. The van der Waals surface area contributed by atoms with Crippen molar-refractivity contribution in [1.82, 2.24) is 0 Å². The fraction of sp³-hybridized carbons (Fsp3) is 0.136. The van der Waals surface area contributed by atoms with Crippen LogP contribution in [0.2, 0.25) is 0 Å². The molecule has 0 aliphatic heterocycles. The van der Waals surface area contributed by atoms with E-state index in [1.165, 1.54) is 25.7 Å². The highest BCUT2D eigenvalue weighted by Gasteiger charge is 2.15. The number of ether oxygens (including phenoxy) is 1. The number of hydrogen-bond acceptors (Lipinski definition) is 3. The lowest BCUT2D eigenvalue weighted by Crippen LogP contribution is -2.01. The molecule has 4 aromatic rings. The third kappa shape index (κ3) is 2.61. The van der Waals surface area contributed by atoms with Crippen molar-refractivity contribution in [1.29, 1.82) is 0 Å². The molecule has 0 saturated heterocycles. The molecule has 1 aromatic heterocycles. The Morgan fingerprint density at radius 2 is 1.56 bits per heavy atom. The van der Waals surface area contributed by atoms with Gasteiger partial charge in [-0.2, -0.15) is 0 Å². The molecule has 0 aliphatic carbocycles. The van der Waals surface area contributed by atoms with E-state index in [1.54, 1.807) is 7.11 Å². The predicted octanol–water partition coefficient (Wildman–Crippen LogP) is 5.91. The lowest BCUT2D eigenvalue weighted by Gasteiger charge is -2.06. The Morgan fingerprint density at radius 3 is 2.28 bits per heavy atom. The van der Waals surface area contributed by atoms with Gasteiger partial charge < -0.3 is 4.74 Å². The molecule has 2 nitrogen and oxygen atoms in total. The maximum atomic E-state index is 12.9. The van der Waals surface area contributed by atoms with E-state index in [9.17, 15) is 4.79 Å². The molecule has 0 N–H and O–H groups in total. The summed E-state index contributed by atoms with van der Waals surface area (Å²) >= 11 is 1.81. The van der Waals surface area contributed by atoms with E-state index in [2.05, 4.69) is 32.0 Å². The van der Waals surface area contributed by atoms with Crippen LogP contribution in [-0.2, 0) is 0 Å². The molecule has 0 radical (unpaired) electrons. The monoisotopic (exact) mass is 346 g/mol. The number of ketones is 1. The molecular formula is C22H18O2S. The van der Waals surface area contributed by atoms with E-state index in [0.717, 1.165) is 16.9 Å². The smallest absolute Gasteiger partial charge is 0.193 e. The van der Waals surface area contributed by atoms with Gasteiger partial charge in [-0.15, -0.1) is 11.3 Å². The molecule has 1 heterocycles. The van der Waals surface area contributed by atoms with Gasteiger partial charge in [-0.05, 0) is 61.4 Å². The first-order valence-electron chi connectivity index (χ1n) is 8.19. The van der Waals surface area contributed by atoms with E-state index in [-0.39, 0.29) is 5.78 Å². The lowest BCUT2D eigenvalue weighted by molar-refractivity contribution is 0.103. The molecule has 3 aromatic carbocycles. The number of hydrogen-bond donors (Lipinski definition) is 0. The molecule has 0 atom stereocenters. The first-order valence-corrected chi connectivity index (χ1v) is 9.01. The number of carbonyl (C=O) groups excluding carboxylic acids is 1. The number of aryl methyl sites for hydroxylation is 2. The highest BCUT2D eigenvalue weighted by atomic mass is 32.1. The molecular weight excluding hydrogens is 328 g/mol. The first kappa shape index (κ1) is 15.9. The minimum atomic E-state index is 0.0413. The minimum absolute atomic E-state index is 0.0413. The van der Waals surface area contributed by atoms with Crippen LogP contribution < -0.4 is 4.74 Å². The number of rotatable bonds is 3. The summed E-state index contributed by atoms with van der Waals surface area (Å²) in [6.07, 6.45) is 0. The largest absolute Gasteiger partial charge is 0.497 e. The summed E-state index contributed by atoms with van der Waals surface area (Å²) < 4.78 is 7.73. The molecule has 0 spiro atoms. The van der Waals surface area contributed by atoms with Gasteiger partial charge >= 0.3 is 0 Å². The summed E-state index contributed by atoms with van der Waals surface area (Å²) in [5, 5.41) is 2.40. The zero-order valence-corrected chi connectivity index (χ0v) is 15.2. The molecule has 0 bridgehead atoms. The molecule has 0 aliphatic rings. The Bertz CT molecular complexity index is 1100. The summed E-state index contributed by atoms with van der Waals surface area (Å²) in [7, 11) is 1.62. The molecule has 3 heteroatoms. The molecule has 4 rings (SSSR count). The summed E-state index contributed by atoms with van der Waals surface area (Å²) in [4.78, 5) is 12.9. The Labute approximate surface area is 150 Å². The maximum Gasteiger partial charge on any atom is 0.193 e. The normalized spacial score (nSPS) is 11.2. The van der Waals surface area contributed by atoms with Crippen LogP contribution in [0, 0.1) is 13.8 Å². The molecule has 0 unspecified atom stereocenters. The number of thiophene rings is 1. The average Bonchev–Trinajstić information content (AvgIpc) is 3.02. The predicted molar refractivity (Wildman–Crippen MR) is 105 cm³/mol. The molecule has 0 saturated carbocycles. The number of fused-ring (bicyclic) bond motifs is 3. The van der Waals surface area contributed by atoms with Gasteiger partial charge in [-0.25, -0.2) is 0 Å². The van der Waals surface area contributed by atoms with Crippen LogP contribution in [0.1, 0.15) is 27.0 Å². The standard InChI is InChI=1S/C22H18O2S/c1-13-5-4-6-18-19-12-16(11-14(2)22(19)25-21(13)18)20(23)15-7-9-17(24-3)10-8-15/h4-12H,1-3H3. The summed E-state index contributed by atoms with van der Waals surface area (Å²) in [6.45, 7) is 4.22. The van der Waals surface area contributed by atoms with Crippen LogP contribution in [0.15, 0.2) is 54.6 Å². The molecule has 25 heavy (non-hydrogen) atoms. The third-order valence-corrected chi connectivity index (χ3v) is 6.09. The van der Waals surface area contributed by atoms with E-state index in [4.69, 9.17) is 4.74 Å². The fourth-order valence-electron chi connectivity index (χ4n) is 3.25. The SMILES string of the molecule is COc1ccc(C(=O)c2cc(C)c3sc4c(C)cccc4c3c2)cc1. The second-order valence-corrected chi connectivity index (χ2v) is 7.30. The van der Waals surface area contributed by atoms with Gasteiger partial charge in [0.15, 0.2) is 5.78 Å². The Balaban J connectivity index is 1.88. The van der Waals surface area contributed by atoms with Crippen LogP contribution >= 0.6 is 11.3 Å². The van der Waals surface area contributed by atoms with Crippen molar-refractivity contribution < 1.29 is 9.53 Å². The van der Waals surface area contributed by atoms with Crippen molar-refractivity contribution in [3.63, 3.8) is 0 Å². The lowest BCUT2D eigenvalue weighted by atomic mass is 9.98. The Morgan fingerprint density at radius 1 is 0.840 bits per heavy atom. The zero-order valence-electron chi connectivity index (χ0n) is 14.4. The third-order valence-electron chi connectivity index (χ3n) is 4.60. The minimum Gasteiger partial charge on any atom is -0.497 e. The van der Waals surface area contributed by atoms with Gasteiger partial charge in [0.25, 0.3) is 0 Å². The number of carbonyl (C=O) groups is 1. The van der Waals surface area contributed by atoms with Crippen LogP contribution in [0.4, 0.5) is 0 Å². The van der Waals surface area contributed by atoms with Crippen molar-refractivity contribution in [3.05, 3.63) is 76.9 Å². The van der Waals surface area contributed by atoms with Gasteiger partial charge in [0.1, 0.15) is 5.75 Å². The van der Waals surface area contributed by atoms with Gasteiger partial charge in [0.2, 0.25) is 0 Å². The van der Waals surface area contributed by atoms with Crippen molar-refractivity contribution >= 4 is 37.3 Å². The van der Waals surface area contributed by atoms with Crippen LogP contribution in [0.3, 0.4) is 0 Å². The van der Waals surface area contributed by atoms with Crippen LogP contribution in [0.25, 0.3) is 20.2 Å². The van der Waals surface area contributed by atoms with E-state index in [1.807, 2.05) is 47.7 Å². The quantitative estimate of drug-likeness (QED) is 0.431. The van der Waals surface area contributed by atoms with Crippen LogP contribution in [-0.4, -0.2) is 12.9 Å². The van der Waals surface area contributed by atoms with Crippen LogP contribution in [0.5, 0.6) is 5.75 Å². The van der Waals surface area contributed by atoms with Gasteiger partial charge in [0.05, 0.1) is 7.11 Å². The maximum absolute atomic E-state index is 12.9. The van der Waals surface area contributed by atoms with Gasteiger partial charge in [-0.3, -0.25) is 4.79 Å². The Hall–Kier alpha value is -2.65. The Kier molecular flexibility index (Phi) is 3.81. The highest BCUT2D eigenvalue weighted by Crippen LogP contribution is 2.38. The van der Waals surface area contributed by atoms with Gasteiger partial charge in [-0.1, -0.05) is 18.2 Å². The number of methoxy groups -OCH3 is 1. The van der Waals surface area contributed by atoms with Crippen molar-refractivity contribution in [2.45, 2.75) is 13.8 Å². The average molecular weight is 346 g/mol. The second-order valence-electron chi connectivity index (χ2n) is 6.28. The van der Waals surface area contributed by atoms with E-state index in [0.29, 0.717) is 5.56 Å². The van der Waals surface area contributed by atoms with E-state index >= 15 is 0 Å².